The fourth-order valence-corrected chi connectivity index (χ4v) is 1.02. The Bertz CT molecular complexity index is 180. The molecule has 0 unspecified atom stereocenters. The SMILES string of the molecule is NC(N)CCCS(=O)(=O)[O-].[Na+]. The average Bonchev–Trinajstić information content (AvgIpc) is 1.59. The van der Waals surface area contributed by atoms with Gasteiger partial charge in [-0.25, -0.2) is 8.42 Å². The number of rotatable bonds is 4. The van der Waals surface area contributed by atoms with Crippen LogP contribution >= 0.6 is 0 Å². The van der Waals surface area contributed by atoms with E-state index in [9.17, 15) is 13.0 Å². The minimum absolute atomic E-state index is 0. The van der Waals surface area contributed by atoms with Crippen molar-refractivity contribution in [1.82, 2.24) is 0 Å². The van der Waals surface area contributed by atoms with E-state index in [0.29, 0.717) is 6.42 Å². The number of nitrogens with two attached hydrogens (primary N) is 2. The van der Waals surface area contributed by atoms with Crippen LogP contribution in [0, 0.1) is 0 Å². The van der Waals surface area contributed by atoms with Gasteiger partial charge in [0.05, 0.1) is 16.3 Å². The Morgan fingerprint density at radius 2 is 1.82 bits per heavy atom. The molecule has 0 saturated heterocycles. The Hall–Kier alpha value is 0.830. The molecule has 0 aliphatic rings. The molecule has 0 aliphatic carbocycles. The predicted octanol–water partition coefficient (Wildman–Crippen LogP) is -4.44. The maximum absolute atomic E-state index is 9.98. The summed E-state index contributed by atoms with van der Waals surface area (Å²) in [5, 5.41) is 0. The molecule has 11 heavy (non-hydrogen) atoms. The van der Waals surface area contributed by atoms with Gasteiger partial charge >= 0.3 is 29.6 Å². The van der Waals surface area contributed by atoms with Gasteiger partial charge in [-0.2, -0.15) is 0 Å². The van der Waals surface area contributed by atoms with Crippen LogP contribution in [-0.2, 0) is 10.1 Å². The summed E-state index contributed by atoms with van der Waals surface area (Å²) >= 11 is 0. The van der Waals surface area contributed by atoms with Crippen molar-refractivity contribution in [2.45, 2.75) is 19.0 Å². The van der Waals surface area contributed by atoms with Gasteiger partial charge in [0.15, 0.2) is 0 Å². The van der Waals surface area contributed by atoms with E-state index in [1.54, 1.807) is 0 Å². The first-order chi connectivity index (χ1) is 4.42. The molecule has 7 heteroatoms. The Morgan fingerprint density at radius 3 is 2.09 bits per heavy atom. The molecule has 0 aromatic rings. The quantitative estimate of drug-likeness (QED) is 0.264. The van der Waals surface area contributed by atoms with Crippen LogP contribution in [0.3, 0.4) is 0 Å². The minimum Gasteiger partial charge on any atom is -0.748 e. The molecular weight excluding hydrogens is 179 g/mol. The van der Waals surface area contributed by atoms with E-state index < -0.39 is 16.3 Å². The number of hydrogen-bond acceptors (Lipinski definition) is 5. The fourth-order valence-electron chi connectivity index (χ4n) is 0.496. The molecule has 4 N–H and O–H groups in total. The smallest absolute Gasteiger partial charge is 0.748 e. The molecular formula is C4H11N2NaO3S. The van der Waals surface area contributed by atoms with Gasteiger partial charge in [0.2, 0.25) is 0 Å². The second kappa shape index (κ2) is 6.36. The van der Waals surface area contributed by atoms with Crippen LogP contribution < -0.4 is 41.0 Å². The van der Waals surface area contributed by atoms with E-state index in [0.717, 1.165) is 0 Å². The summed E-state index contributed by atoms with van der Waals surface area (Å²) in [6, 6.07) is 0. The number of hydrogen-bond donors (Lipinski definition) is 2. The Balaban J connectivity index is 0. The van der Waals surface area contributed by atoms with Crippen molar-refractivity contribution >= 4 is 10.1 Å². The van der Waals surface area contributed by atoms with Gasteiger partial charge in [0, 0.05) is 5.75 Å². The van der Waals surface area contributed by atoms with Gasteiger partial charge in [-0.1, -0.05) is 0 Å². The first-order valence-corrected chi connectivity index (χ1v) is 4.44. The van der Waals surface area contributed by atoms with Crippen molar-refractivity contribution in [2.24, 2.45) is 11.5 Å². The summed E-state index contributed by atoms with van der Waals surface area (Å²) in [5.41, 5.74) is 10.2. The van der Waals surface area contributed by atoms with E-state index in [-0.39, 0.29) is 41.7 Å². The van der Waals surface area contributed by atoms with E-state index in [4.69, 9.17) is 11.5 Å². The van der Waals surface area contributed by atoms with Crippen molar-refractivity contribution in [3.05, 3.63) is 0 Å². The van der Waals surface area contributed by atoms with Crippen LogP contribution in [0.1, 0.15) is 12.8 Å². The fraction of sp³-hybridized carbons (Fsp3) is 1.00. The third-order valence-electron chi connectivity index (χ3n) is 0.932. The predicted molar refractivity (Wildman–Crippen MR) is 36.0 cm³/mol. The maximum Gasteiger partial charge on any atom is 1.00 e. The molecule has 0 aromatic carbocycles. The Morgan fingerprint density at radius 1 is 1.36 bits per heavy atom. The van der Waals surface area contributed by atoms with Gasteiger partial charge in [0.25, 0.3) is 0 Å². The van der Waals surface area contributed by atoms with Crippen LogP contribution in [0.5, 0.6) is 0 Å². The van der Waals surface area contributed by atoms with Crippen molar-refractivity contribution in [3.8, 4) is 0 Å². The maximum atomic E-state index is 9.98. The van der Waals surface area contributed by atoms with Gasteiger partial charge in [-0.3, -0.25) is 0 Å². The van der Waals surface area contributed by atoms with Crippen LogP contribution in [0.2, 0.25) is 0 Å². The van der Waals surface area contributed by atoms with Gasteiger partial charge in [-0.15, -0.1) is 0 Å². The summed E-state index contributed by atoms with van der Waals surface area (Å²) in [5.74, 6) is -0.377. The van der Waals surface area contributed by atoms with Crippen LogP contribution in [-0.4, -0.2) is 24.9 Å². The van der Waals surface area contributed by atoms with Crippen molar-refractivity contribution in [2.75, 3.05) is 5.75 Å². The average molecular weight is 190 g/mol. The van der Waals surface area contributed by atoms with Crippen molar-refractivity contribution in [3.63, 3.8) is 0 Å². The molecule has 62 valence electrons. The van der Waals surface area contributed by atoms with E-state index in [2.05, 4.69) is 0 Å². The summed E-state index contributed by atoms with van der Waals surface area (Å²) in [7, 11) is -4.08. The molecule has 0 amide bonds. The molecule has 0 saturated carbocycles. The van der Waals surface area contributed by atoms with Gasteiger partial charge in [-0.05, 0) is 12.8 Å². The summed E-state index contributed by atoms with van der Waals surface area (Å²) in [6.07, 6.45) is 0.0760. The van der Waals surface area contributed by atoms with Crippen molar-refractivity contribution < 1.29 is 42.5 Å². The minimum atomic E-state index is -4.08. The topological polar surface area (TPSA) is 109 Å². The molecule has 0 rings (SSSR count). The first-order valence-electron chi connectivity index (χ1n) is 2.86. The van der Waals surface area contributed by atoms with Crippen molar-refractivity contribution in [1.29, 1.82) is 0 Å². The van der Waals surface area contributed by atoms with E-state index >= 15 is 0 Å². The largest absolute Gasteiger partial charge is 1.00 e. The van der Waals surface area contributed by atoms with E-state index in [1.807, 2.05) is 0 Å². The standard InChI is InChI=1S/C4H12N2O3S.Na/c5-4(6)2-1-3-10(7,8)9;/h4H,1-3,5-6H2,(H,7,8,9);/q;+1/p-1. The zero-order valence-corrected chi connectivity index (χ0v) is 9.30. The normalized spacial score (nSPS) is 11.3. The summed E-state index contributed by atoms with van der Waals surface area (Å²) in [4.78, 5) is 0. The molecule has 0 atom stereocenters. The van der Waals surface area contributed by atoms with Crippen LogP contribution in [0.25, 0.3) is 0 Å². The third kappa shape index (κ3) is 13.8. The summed E-state index contributed by atoms with van der Waals surface area (Å²) < 4.78 is 29.9. The van der Waals surface area contributed by atoms with Crippen LogP contribution in [0.15, 0.2) is 0 Å². The Labute approximate surface area is 88.6 Å². The Kier molecular flexibility index (Phi) is 8.30. The molecule has 0 fully saturated rings. The van der Waals surface area contributed by atoms with Crippen LogP contribution in [0.4, 0.5) is 0 Å². The molecule has 5 nitrogen and oxygen atoms in total. The zero-order valence-electron chi connectivity index (χ0n) is 6.49. The first kappa shape index (κ1) is 14.4. The van der Waals surface area contributed by atoms with Gasteiger partial charge < -0.3 is 16.0 Å². The van der Waals surface area contributed by atoms with Gasteiger partial charge in [0.1, 0.15) is 0 Å². The molecule has 0 bridgehead atoms. The molecule has 0 radical (unpaired) electrons. The molecule has 0 spiro atoms. The third-order valence-corrected chi connectivity index (χ3v) is 1.72. The molecule has 0 heterocycles. The molecule has 0 aliphatic heterocycles. The molecule has 0 aromatic heterocycles. The second-order valence-electron chi connectivity index (χ2n) is 2.07. The zero-order chi connectivity index (χ0) is 8.20. The summed E-state index contributed by atoms with van der Waals surface area (Å²) in [6.45, 7) is 0. The van der Waals surface area contributed by atoms with E-state index in [1.165, 1.54) is 0 Å². The second-order valence-corrected chi connectivity index (χ2v) is 3.59. The monoisotopic (exact) mass is 190 g/mol.